The lowest BCUT2D eigenvalue weighted by molar-refractivity contribution is -0.116. The summed E-state index contributed by atoms with van der Waals surface area (Å²) in [5, 5.41) is 2.68. The summed E-state index contributed by atoms with van der Waals surface area (Å²) in [6.45, 7) is 0. The number of hydrogen-bond acceptors (Lipinski definition) is 2. The Morgan fingerprint density at radius 1 is 1.11 bits per heavy atom. The third-order valence-electron chi connectivity index (χ3n) is 2.76. The quantitative estimate of drug-likeness (QED) is 0.886. The van der Waals surface area contributed by atoms with E-state index in [4.69, 9.17) is 5.73 Å². The fourth-order valence-corrected chi connectivity index (χ4v) is 1.76. The Balaban J connectivity index is 1.93. The number of benzene rings is 2. The fourth-order valence-electron chi connectivity index (χ4n) is 1.76. The van der Waals surface area contributed by atoms with Crippen molar-refractivity contribution in [2.24, 2.45) is 5.73 Å². The number of anilines is 1. The van der Waals surface area contributed by atoms with Crippen LogP contribution in [0.5, 0.6) is 0 Å². The molecule has 98 valence electrons. The molecular formula is C15H15FN2O. The van der Waals surface area contributed by atoms with Gasteiger partial charge in [-0.3, -0.25) is 4.79 Å². The van der Waals surface area contributed by atoms with E-state index in [2.05, 4.69) is 5.32 Å². The van der Waals surface area contributed by atoms with Crippen LogP contribution in [0, 0.1) is 5.82 Å². The van der Waals surface area contributed by atoms with Crippen LogP contribution < -0.4 is 11.1 Å². The summed E-state index contributed by atoms with van der Waals surface area (Å²) in [5.41, 5.74) is 7.43. The maximum absolute atomic E-state index is 12.7. The van der Waals surface area contributed by atoms with E-state index in [0.29, 0.717) is 5.69 Å². The summed E-state index contributed by atoms with van der Waals surface area (Å²) in [6, 6.07) is 14.7. The molecule has 0 aromatic heterocycles. The molecule has 3 N–H and O–H groups in total. The average molecular weight is 258 g/mol. The van der Waals surface area contributed by atoms with E-state index in [1.165, 1.54) is 24.3 Å². The van der Waals surface area contributed by atoms with Gasteiger partial charge in [-0.05, 0) is 29.8 Å². The van der Waals surface area contributed by atoms with E-state index < -0.39 is 0 Å². The van der Waals surface area contributed by atoms with E-state index in [9.17, 15) is 9.18 Å². The minimum Gasteiger partial charge on any atom is -0.326 e. The number of hydrogen-bond donors (Lipinski definition) is 2. The van der Waals surface area contributed by atoms with Crippen molar-refractivity contribution in [2.45, 2.75) is 12.5 Å². The first-order valence-corrected chi connectivity index (χ1v) is 6.01. The van der Waals surface area contributed by atoms with Gasteiger partial charge in [-0.25, -0.2) is 4.39 Å². The first-order valence-electron chi connectivity index (χ1n) is 6.01. The zero-order chi connectivity index (χ0) is 13.7. The third kappa shape index (κ3) is 3.89. The van der Waals surface area contributed by atoms with Crippen LogP contribution in [-0.4, -0.2) is 5.91 Å². The molecule has 0 saturated carbocycles. The summed E-state index contributed by atoms with van der Waals surface area (Å²) >= 11 is 0. The number of nitrogens with two attached hydrogens (primary N) is 1. The molecule has 1 unspecified atom stereocenters. The zero-order valence-corrected chi connectivity index (χ0v) is 10.3. The standard InChI is InChI=1S/C15H15FN2O/c16-12-6-8-13(9-7-12)18-15(19)10-14(17)11-4-2-1-3-5-11/h1-9,14H,10,17H2,(H,18,19). The fraction of sp³-hybridized carbons (Fsp3) is 0.133. The van der Waals surface area contributed by atoms with Crippen molar-refractivity contribution in [1.82, 2.24) is 0 Å². The maximum atomic E-state index is 12.7. The molecule has 0 aliphatic carbocycles. The molecule has 0 radical (unpaired) electrons. The lowest BCUT2D eigenvalue weighted by atomic mass is 10.0. The van der Waals surface area contributed by atoms with Crippen molar-refractivity contribution >= 4 is 11.6 Å². The van der Waals surface area contributed by atoms with Crippen LogP contribution in [0.2, 0.25) is 0 Å². The van der Waals surface area contributed by atoms with Crippen LogP contribution >= 0.6 is 0 Å². The van der Waals surface area contributed by atoms with Crippen LogP contribution in [0.4, 0.5) is 10.1 Å². The molecule has 1 amide bonds. The SMILES string of the molecule is NC(CC(=O)Nc1ccc(F)cc1)c1ccccc1. The molecule has 0 fully saturated rings. The number of carbonyl (C=O) groups excluding carboxylic acids is 1. The van der Waals surface area contributed by atoms with Crippen molar-refractivity contribution in [1.29, 1.82) is 0 Å². The average Bonchev–Trinajstić information content (AvgIpc) is 2.42. The van der Waals surface area contributed by atoms with Gasteiger partial charge in [0.1, 0.15) is 5.82 Å². The highest BCUT2D eigenvalue weighted by Crippen LogP contribution is 2.15. The number of carbonyl (C=O) groups is 1. The van der Waals surface area contributed by atoms with Gasteiger partial charge in [-0.1, -0.05) is 30.3 Å². The minimum absolute atomic E-state index is 0.182. The molecule has 0 heterocycles. The van der Waals surface area contributed by atoms with Crippen molar-refractivity contribution in [2.75, 3.05) is 5.32 Å². The normalized spacial score (nSPS) is 11.9. The third-order valence-corrected chi connectivity index (χ3v) is 2.76. The molecule has 0 bridgehead atoms. The van der Waals surface area contributed by atoms with Gasteiger partial charge in [-0.15, -0.1) is 0 Å². The molecule has 3 nitrogen and oxygen atoms in total. The van der Waals surface area contributed by atoms with E-state index >= 15 is 0 Å². The van der Waals surface area contributed by atoms with Gasteiger partial charge < -0.3 is 11.1 Å². The monoisotopic (exact) mass is 258 g/mol. The molecule has 1 atom stereocenters. The van der Waals surface area contributed by atoms with Gasteiger partial charge in [0.25, 0.3) is 0 Å². The second-order valence-corrected chi connectivity index (χ2v) is 4.28. The Kier molecular flexibility index (Phi) is 4.26. The molecule has 0 aliphatic rings. The van der Waals surface area contributed by atoms with E-state index in [-0.39, 0.29) is 24.2 Å². The van der Waals surface area contributed by atoms with Gasteiger partial charge in [0.2, 0.25) is 5.91 Å². The van der Waals surface area contributed by atoms with Gasteiger partial charge in [0, 0.05) is 18.2 Å². The second kappa shape index (κ2) is 6.11. The maximum Gasteiger partial charge on any atom is 0.226 e. The van der Waals surface area contributed by atoms with Crippen LogP contribution in [0.25, 0.3) is 0 Å². The van der Waals surface area contributed by atoms with E-state index in [0.717, 1.165) is 5.56 Å². The van der Waals surface area contributed by atoms with E-state index in [1.54, 1.807) is 0 Å². The van der Waals surface area contributed by atoms with Crippen LogP contribution in [-0.2, 0) is 4.79 Å². The summed E-state index contributed by atoms with van der Waals surface area (Å²) in [4.78, 5) is 11.8. The van der Waals surface area contributed by atoms with Crippen LogP contribution in [0.1, 0.15) is 18.0 Å². The summed E-state index contributed by atoms with van der Waals surface area (Å²) in [6.07, 6.45) is 0.182. The van der Waals surface area contributed by atoms with Crippen molar-refractivity contribution in [3.05, 3.63) is 66.0 Å². The first-order chi connectivity index (χ1) is 9.15. The van der Waals surface area contributed by atoms with Crippen molar-refractivity contribution in [3.8, 4) is 0 Å². The molecular weight excluding hydrogens is 243 g/mol. The highest BCUT2D eigenvalue weighted by molar-refractivity contribution is 5.91. The molecule has 2 aromatic carbocycles. The molecule has 0 aliphatic heterocycles. The number of rotatable bonds is 4. The zero-order valence-electron chi connectivity index (χ0n) is 10.3. The Hall–Kier alpha value is -2.20. The Bertz CT molecular complexity index is 540. The molecule has 2 aromatic rings. The molecule has 0 saturated heterocycles. The Labute approximate surface area is 111 Å². The second-order valence-electron chi connectivity index (χ2n) is 4.28. The summed E-state index contributed by atoms with van der Waals surface area (Å²) in [7, 11) is 0. The Morgan fingerprint density at radius 3 is 2.37 bits per heavy atom. The molecule has 19 heavy (non-hydrogen) atoms. The minimum atomic E-state index is -0.346. The highest BCUT2D eigenvalue weighted by atomic mass is 19.1. The first kappa shape index (κ1) is 13.2. The van der Waals surface area contributed by atoms with Crippen molar-refractivity contribution in [3.63, 3.8) is 0 Å². The van der Waals surface area contributed by atoms with Gasteiger partial charge in [0.05, 0.1) is 0 Å². The largest absolute Gasteiger partial charge is 0.326 e. The van der Waals surface area contributed by atoms with Crippen LogP contribution in [0.3, 0.4) is 0 Å². The van der Waals surface area contributed by atoms with Gasteiger partial charge >= 0.3 is 0 Å². The lowest BCUT2D eigenvalue weighted by Crippen LogP contribution is -2.20. The number of halogens is 1. The number of nitrogens with one attached hydrogen (secondary N) is 1. The Morgan fingerprint density at radius 2 is 1.74 bits per heavy atom. The smallest absolute Gasteiger partial charge is 0.226 e. The summed E-state index contributed by atoms with van der Waals surface area (Å²) in [5.74, 6) is -0.526. The highest BCUT2D eigenvalue weighted by Gasteiger charge is 2.11. The van der Waals surface area contributed by atoms with E-state index in [1.807, 2.05) is 30.3 Å². The predicted molar refractivity (Wildman–Crippen MR) is 73.0 cm³/mol. The molecule has 4 heteroatoms. The molecule has 2 rings (SSSR count). The van der Waals surface area contributed by atoms with Gasteiger partial charge in [-0.2, -0.15) is 0 Å². The lowest BCUT2D eigenvalue weighted by Gasteiger charge is -2.12. The van der Waals surface area contributed by atoms with Crippen molar-refractivity contribution < 1.29 is 9.18 Å². The summed E-state index contributed by atoms with van der Waals surface area (Å²) < 4.78 is 12.7. The van der Waals surface area contributed by atoms with Crippen LogP contribution in [0.15, 0.2) is 54.6 Å². The predicted octanol–water partition coefficient (Wildman–Crippen LogP) is 2.85. The topological polar surface area (TPSA) is 55.1 Å². The number of amides is 1. The van der Waals surface area contributed by atoms with Gasteiger partial charge in [0.15, 0.2) is 0 Å². The molecule has 0 spiro atoms.